The molecule has 0 radical (unpaired) electrons. The van der Waals surface area contributed by atoms with Crippen LogP contribution in [0.1, 0.15) is 30.1 Å². The molecule has 6 heteroatoms. The highest BCUT2D eigenvalue weighted by atomic mass is 19.1. The minimum atomic E-state index is -0.271. The Morgan fingerprint density at radius 2 is 1.78 bits per heavy atom. The molecule has 2 atom stereocenters. The summed E-state index contributed by atoms with van der Waals surface area (Å²) >= 11 is 0. The molecule has 2 aromatic rings. The molecule has 0 spiro atoms. The van der Waals surface area contributed by atoms with E-state index >= 15 is 0 Å². The summed E-state index contributed by atoms with van der Waals surface area (Å²) in [5, 5.41) is 16.1. The second kappa shape index (κ2) is 11.3. The van der Waals surface area contributed by atoms with Crippen LogP contribution >= 0.6 is 0 Å². The van der Waals surface area contributed by atoms with Crippen molar-refractivity contribution in [1.82, 2.24) is 10.6 Å². The first kappa shape index (κ1) is 20.9. The predicted octanol–water partition coefficient (Wildman–Crippen LogP) is 2.84. The van der Waals surface area contributed by atoms with Gasteiger partial charge in [-0.2, -0.15) is 0 Å². The Bertz CT molecular complexity index is 692. The molecule has 5 nitrogen and oxygen atoms in total. The van der Waals surface area contributed by atoms with E-state index < -0.39 is 0 Å². The number of ether oxygens (including phenoxy) is 1. The Morgan fingerprint density at radius 1 is 1.07 bits per heavy atom. The van der Waals surface area contributed by atoms with E-state index in [0.29, 0.717) is 19.0 Å². The van der Waals surface area contributed by atoms with Gasteiger partial charge >= 0.3 is 0 Å². The smallest absolute Gasteiger partial charge is 0.191 e. The molecule has 0 heterocycles. The molecule has 0 amide bonds. The molecule has 0 aliphatic carbocycles. The lowest BCUT2D eigenvalue weighted by Crippen LogP contribution is -2.40. The third-order valence-electron chi connectivity index (χ3n) is 4.29. The quantitative estimate of drug-likeness (QED) is 0.467. The van der Waals surface area contributed by atoms with Gasteiger partial charge in [0.2, 0.25) is 0 Å². The van der Waals surface area contributed by atoms with Crippen LogP contribution in [0.5, 0.6) is 0 Å². The number of methoxy groups -OCH3 is 1. The van der Waals surface area contributed by atoms with Crippen LogP contribution in [-0.2, 0) is 4.74 Å². The summed E-state index contributed by atoms with van der Waals surface area (Å²) < 4.78 is 18.6. The topological polar surface area (TPSA) is 65.9 Å². The number of aliphatic hydroxyl groups is 1. The Balaban J connectivity index is 2.00. The summed E-state index contributed by atoms with van der Waals surface area (Å²) in [6.45, 7) is 3.69. The van der Waals surface area contributed by atoms with Crippen LogP contribution in [0, 0.1) is 5.82 Å². The number of hydrogen-bond acceptors (Lipinski definition) is 3. The van der Waals surface area contributed by atoms with Crippen molar-refractivity contribution in [2.75, 3.05) is 33.4 Å². The van der Waals surface area contributed by atoms with Crippen LogP contribution in [0.3, 0.4) is 0 Å². The molecule has 0 saturated carbocycles. The summed E-state index contributed by atoms with van der Waals surface area (Å²) in [7, 11) is 1.62. The highest BCUT2D eigenvalue weighted by Gasteiger charge is 2.13. The Kier molecular flexibility index (Phi) is 8.74. The molecule has 0 aliphatic rings. The summed E-state index contributed by atoms with van der Waals surface area (Å²) in [4.78, 5) is 4.59. The number of nitrogens with zero attached hydrogens (tertiary/aromatic N) is 1. The number of benzene rings is 2. The summed E-state index contributed by atoms with van der Waals surface area (Å²) in [5.74, 6) is 0.320. The van der Waals surface area contributed by atoms with Gasteiger partial charge in [0.05, 0.1) is 19.3 Å². The Morgan fingerprint density at radius 3 is 2.37 bits per heavy atom. The number of hydrogen-bond donors (Lipinski definition) is 3. The Labute approximate surface area is 160 Å². The average molecular weight is 373 g/mol. The Hall–Kier alpha value is -2.44. The predicted molar refractivity (Wildman–Crippen MR) is 106 cm³/mol. The van der Waals surface area contributed by atoms with E-state index in [9.17, 15) is 9.50 Å². The van der Waals surface area contributed by atoms with E-state index in [0.717, 1.165) is 17.7 Å². The van der Waals surface area contributed by atoms with E-state index in [1.807, 2.05) is 37.3 Å². The standard InChI is InChI=1S/C21H28FN3O2/c1-3-23-21(24-13-18(15-26)16-7-5-4-6-8-16)25-14-20(27-2)17-9-11-19(22)12-10-17/h4-12,18,20,26H,3,13-15H2,1-2H3,(H2,23,24,25). The van der Waals surface area contributed by atoms with Crippen LogP contribution in [0.2, 0.25) is 0 Å². The van der Waals surface area contributed by atoms with E-state index in [-0.39, 0.29) is 24.4 Å². The highest BCUT2D eigenvalue weighted by Crippen LogP contribution is 2.17. The first-order valence-electron chi connectivity index (χ1n) is 9.14. The van der Waals surface area contributed by atoms with Gasteiger partial charge in [-0.3, -0.25) is 4.99 Å². The van der Waals surface area contributed by atoms with Crippen LogP contribution in [0.15, 0.2) is 59.6 Å². The van der Waals surface area contributed by atoms with Crippen molar-refractivity contribution >= 4 is 5.96 Å². The fraction of sp³-hybridized carbons (Fsp3) is 0.381. The third-order valence-corrected chi connectivity index (χ3v) is 4.29. The first-order chi connectivity index (χ1) is 13.2. The first-order valence-corrected chi connectivity index (χ1v) is 9.14. The molecular formula is C21H28FN3O2. The molecule has 2 aromatic carbocycles. The lowest BCUT2D eigenvalue weighted by molar-refractivity contribution is 0.106. The van der Waals surface area contributed by atoms with Crippen LogP contribution in [-0.4, -0.2) is 44.4 Å². The van der Waals surface area contributed by atoms with Gasteiger partial charge in [0.1, 0.15) is 5.82 Å². The van der Waals surface area contributed by atoms with Gasteiger partial charge in [-0.25, -0.2) is 4.39 Å². The molecule has 27 heavy (non-hydrogen) atoms. The molecular weight excluding hydrogens is 345 g/mol. The van der Waals surface area contributed by atoms with Crippen LogP contribution in [0.25, 0.3) is 0 Å². The minimum absolute atomic E-state index is 0.0309. The maximum atomic E-state index is 13.1. The van der Waals surface area contributed by atoms with Gasteiger partial charge in [0, 0.05) is 26.1 Å². The summed E-state index contributed by atoms with van der Waals surface area (Å²) in [6.07, 6.45) is -0.225. The number of guanidine groups is 1. The number of rotatable bonds is 9. The van der Waals surface area contributed by atoms with Crippen molar-refractivity contribution < 1.29 is 14.2 Å². The van der Waals surface area contributed by atoms with E-state index in [4.69, 9.17) is 4.74 Å². The monoisotopic (exact) mass is 373 g/mol. The molecule has 2 rings (SSSR count). The second-order valence-electron chi connectivity index (χ2n) is 6.17. The second-order valence-corrected chi connectivity index (χ2v) is 6.17. The van der Waals surface area contributed by atoms with Crippen molar-refractivity contribution in [3.8, 4) is 0 Å². The molecule has 0 bridgehead atoms. The summed E-state index contributed by atoms with van der Waals surface area (Å²) in [5.41, 5.74) is 1.94. The average Bonchev–Trinajstić information content (AvgIpc) is 2.70. The van der Waals surface area contributed by atoms with Gasteiger partial charge in [-0.15, -0.1) is 0 Å². The molecule has 3 N–H and O–H groups in total. The fourth-order valence-electron chi connectivity index (χ4n) is 2.74. The van der Waals surface area contributed by atoms with Gasteiger partial charge in [-0.05, 0) is 30.2 Å². The fourth-order valence-corrected chi connectivity index (χ4v) is 2.74. The van der Waals surface area contributed by atoms with Crippen molar-refractivity contribution in [2.45, 2.75) is 18.9 Å². The van der Waals surface area contributed by atoms with Gasteiger partial charge in [-0.1, -0.05) is 42.5 Å². The molecule has 0 fully saturated rings. The molecule has 0 aliphatic heterocycles. The zero-order valence-electron chi connectivity index (χ0n) is 15.9. The number of aliphatic imine (C=N–C) groups is 1. The van der Waals surface area contributed by atoms with Crippen LogP contribution in [0.4, 0.5) is 4.39 Å². The maximum absolute atomic E-state index is 13.1. The van der Waals surface area contributed by atoms with Crippen molar-refractivity contribution in [3.63, 3.8) is 0 Å². The molecule has 2 unspecified atom stereocenters. The van der Waals surface area contributed by atoms with Gasteiger partial charge < -0.3 is 20.5 Å². The highest BCUT2D eigenvalue weighted by molar-refractivity contribution is 5.79. The lowest BCUT2D eigenvalue weighted by Gasteiger charge is -2.19. The van der Waals surface area contributed by atoms with Gasteiger partial charge in [0.15, 0.2) is 5.96 Å². The van der Waals surface area contributed by atoms with Crippen molar-refractivity contribution in [2.24, 2.45) is 4.99 Å². The normalized spacial score (nSPS) is 13.9. The van der Waals surface area contributed by atoms with Crippen molar-refractivity contribution in [1.29, 1.82) is 0 Å². The SMILES string of the molecule is CCNC(=NCC(CO)c1ccccc1)NCC(OC)c1ccc(F)cc1. The lowest BCUT2D eigenvalue weighted by atomic mass is 10.0. The number of nitrogens with one attached hydrogen (secondary N) is 2. The number of halogens is 1. The largest absolute Gasteiger partial charge is 0.396 e. The minimum Gasteiger partial charge on any atom is -0.396 e. The summed E-state index contributed by atoms with van der Waals surface area (Å²) in [6, 6.07) is 16.1. The molecule has 146 valence electrons. The third kappa shape index (κ3) is 6.66. The van der Waals surface area contributed by atoms with Gasteiger partial charge in [0.25, 0.3) is 0 Å². The van der Waals surface area contributed by atoms with Crippen molar-refractivity contribution in [3.05, 3.63) is 71.5 Å². The molecule has 0 saturated heterocycles. The van der Waals surface area contributed by atoms with E-state index in [1.54, 1.807) is 19.2 Å². The van der Waals surface area contributed by atoms with E-state index in [2.05, 4.69) is 15.6 Å². The number of aliphatic hydroxyl groups excluding tert-OH is 1. The zero-order valence-corrected chi connectivity index (χ0v) is 15.9. The maximum Gasteiger partial charge on any atom is 0.191 e. The van der Waals surface area contributed by atoms with E-state index in [1.165, 1.54) is 12.1 Å². The molecule has 0 aromatic heterocycles. The zero-order chi connectivity index (χ0) is 19.5. The van der Waals surface area contributed by atoms with Crippen LogP contribution < -0.4 is 10.6 Å².